The summed E-state index contributed by atoms with van der Waals surface area (Å²) in [7, 11) is -14.1. The fraction of sp³-hybridized carbons (Fsp3) is 0.451. The van der Waals surface area contributed by atoms with Crippen LogP contribution in [0.3, 0.4) is 0 Å². The molecule has 8 aromatic carbocycles. The van der Waals surface area contributed by atoms with Crippen LogP contribution in [0.5, 0.6) is 11.5 Å². The van der Waals surface area contributed by atoms with Gasteiger partial charge in [0.1, 0.15) is 30.2 Å². The minimum atomic E-state index is -5.11. The summed E-state index contributed by atoms with van der Waals surface area (Å²) >= 11 is 0. The molecule has 0 bridgehead atoms. The Bertz CT molecular complexity index is 6020. The molecule has 798 valence electrons. The molecule has 0 saturated carbocycles. The number of nitrogens with two attached hydrogens (primary N) is 1. The number of rotatable bonds is 21. The van der Waals surface area contributed by atoms with Crippen molar-refractivity contribution < 1.29 is 242 Å². The van der Waals surface area contributed by atoms with E-state index in [0.717, 1.165) is 59.8 Å². The van der Waals surface area contributed by atoms with Crippen molar-refractivity contribution in [2.75, 3.05) is 59.4 Å². The van der Waals surface area contributed by atoms with Gasteiger partial charge in [-0.2, -0.15) is 84.3 Å². The van der Waals surface area contributed by atoms with Gasteiger partial charge >= 0.3 is 121 Å². The smallest absolute Gasteiger partial charge is 1.00 e. The molecule has 8 aromatic rings. The first-order valence-electron chi connectivity index (χ1n) is 42.1. The molecule has 3 heterocycles. The van der Waals surface area contributed by atoms with E-state index in [0.29, 0.717) is 65.7 Å². The van der Waals surface area contributed by atoms with Gasteiger partial charge in [0, 0.05) is 54.3 Å². The number of halogens is 17. The molecule has 0 aliphatic carbocycles. The molecule has 26 nitrogen and oxygen atoms in total. The number of nitrogens with zero attached hydrogens (tertiary/aromatic N) is 1. The zero-order chi connectivity index (χ0) is 108. The van der Waals surface area contributed by atoms with Crippen LogP contribution in [-0.4, -0.2) is 215 Å². The molecule has 3 aliphatic rings. The molecule has 3 aliphatic heterocycles. The van der Waals surface area contributed by atoms with E-state index in [9.17, 15) is 126 Å². The number of sulfonamides is 4. The quantitative estimate of drug-likeness (QED) is 0.0129. The van der Waals surface area contributed by atoms with Crippen molar-refractivity contribution >= 4 is 109 Å². The number of phenolic OH excluding ortho intramolecular Hbond substituents is 1. The van der Waals surface area contributed by atoms with E-state index in [1.165, 1.54) is 113 Å². The maximum atomic E-state index is 13.3. The average molecular weight is 2250 g/mol. The van der Waals surface area contributed by atoms with E-state index < -0.39 is 151 Å². The van der Waals surface area contributed by atoms with Gasteiger partial charge in [-0.1, -0.05) is 143 Å². The van der Waals surface area contributed by atoms with Crippen molar-refractivity contribution in [2.45, 2.75) is 241 Å². The van der Waals surface area contributed by atoms with Gasteiger partial charge in [0.25, 0.3) is 18.1 Å². The minimum absolute atomic E-state index is 0. The number of alkyl halides is 15. The molecule has 53 heteroatoms. The van der Waals surface area contributed by atoms with Crippen molar-refractivity contribution in [1.82, 2.24) is 18.5 Å². The molecule has 6 unspecified atom stereocenters. The number of para-hydroxylation sites is 2. The number of carbonyl (C=O) groups excluding carboxylic acids is 2. The maximum Gasteiger partial charge on any atom is 1.00 e. The van der Waals surface area contributed by atoms with Crippen LogP contribution >= 0.6 is 21.4 Å². The number of ether oxygens (including phenoxy) is 5. The van der Waals surface area contributed by atoms with Crippen LogP contribution in [-0.2, 0) is 86.7 Å². The minimum Gasteiger partial charge on any atom is -1.00 e. The molecule has 3 saturated heterocycles. The fourth-order valence-electron chi connectivity index (χ4n) is 13.5. The van der Waals surface area contributed by atoms with Crippen LogP contribution in [0.4, 0.5) is 65.9 Å². The summed E-state index contributed by atoms with van der Waals surface area (Å²) in [6, 6.07) is 27.1. The average Bonchev–Trinajstić information content (AvgIpc) is 1.57. The second-order valence-electron chi connectivity index (χ2n) is 31.8. The van der Waals surface area contributed by atoms with Gasteiger partial charge in [0.15, 0.2) is 29.4 Å². The van der Waals surface area contributed by atoms with Crippen molar-refractivity contribution in [3.8, 4) is 11.5 Å². The first kappa shape index (κ1) is 142. The normalized spacial score (nSPS) is 14.8. The third-order valence-electron chi connectivity index (χ3n) is 19.0. The fourth-order valence-corrected chi connectivity index (χ4v) is 22.8. The molecule has 7 N–H and O–H groups in total. The number of aryl methyl sites for hydroxylation is 16. The van der Waals surface area contributed by atoms with Crippen molar-refractivity contribution in [1.29, 1.82) is 0 Å². The summed E-state index contributed by atoms with van der Waals surface area (Å²) in [5, 5.41) is 17.3. The Kier molecular flexibility index (Phi) is 62.3. The zero-order valence-electron chi connectivity index (χ0n) is 85.5. The van der Waals surface area contributed by atoms with Crippen LogP contribution < -0.4 is 103 Å². The van der Waals surface area contributed by atoms with Gasteiger partial charge in [-0.3, -0.25) is 4.79 Å². The van der Waals surface area contributed by atoms with Gasteiger partial charge in [0.05, 0.1) is 49.2 Å². The van der Waals surface area contributed by atoms with E-state index in [4.69, 9.17) is 45.8 Å². The maximum absolute atomic E-state index is 13.3. The Balaban J connectivity index is -0.000000386. The summed E-state index contributed by atoms with van der Waals surface area (Å²) in [4.78, 5) is 21.5. The van der Waals surface area contributed by atoms with Crippen molar-refractivity contribution in [3.63, 3.8) is 0 Å². The van der Waals surface area contributed by atoms with Crippen molar-refractivity contribution in [2.24, 2.45) is 5.73 Å². The molecular formula is C91H122AlCl2F15LiN5Na2O21S6. The second-order valence-corrected chi connectivity index (χ2v) is 43.6. The van der Waals surface area contributed by atoms with Crippen LogP contribution in [0.1, 0.15) is 133 Å². The standard InChI is InChI=1S/C18H20F3NO3S.C14H18F3NO4S.C12H16F3NO3S.C12H14F3NO2S.C9H11ClO2S.C7H7ClO2S.C6H6O.C5H8F3NO2.2C4H8O.Al.Li.2Na.6H/c1-12-9-13(2)17(14(3)10-12)26(23,24)22-16(18(19,20)21)11-25-15-7-5-4-6-8-15;1-5-22-13(19)12(14(15,16)17)18-23(20,21)11-9(3)6-8(2)7-10(11)4;1-7-4-8(2)11(9(3)5-7)20(18,19)16-10(6-17)12(13,14)15;1-7-4-8(2)11(9(3)5-7)19(17,18)16-6-10(16)12(13,14)15;1-6-4-7(2)9(8(3)5-6)13(10,11)12;1-6-2-4-7(5-3-6)11(8,9)10;7-6-4-2-1-3-5-6;1-2-11-4(10)3(9)5(6,7)8;2*1-2-4-5-3-1;;;;;;;;;;/h4-10,16,22H,11H2,1-3H3;6-7,12,18H,5H2,1-4H3;4-5,10,16-17H,6H2,1-3H3;4-5,10H,6H2,1-3H3;4-5H,1-3H3;2-5H,1H3;1-5,7H;3H,2,9H2,1H3;2*1-4H2;;;;;;;;;;/q;;;;;;;;;;;3*+1;;;;3*-1. The Morgan fingerprint density at radius 2 is 0.729 bits per heavy atom. The predicted octanol–water partition coefficient (Wildman–Crippen LogP) is 8.70. The Hall–Kier alpha value is -5.66. The summed E-state index contributed by atoms with van der Waals surface area (Å²) in [6.07, 6.45) is -18.9. The van der Waals surface area contributed by atoms with Gasteiger partial charge in [-0.25, -0.2) is 55.3 Å². The predicted molar refractivity (Wildman–Crippen MR) is 513 cm³/mol. The first-order valence-corrected chi connectivity index (χ1v) is 52.6. The number of aliphatic hydroxyl groups is 1. The number of hydrogen-bond acceptors (Lipinski definition) is 22. The van der Waals surface area contributed by atoms with E-state index in [-0.39, 0.29) is 148 Å². The number of aromatic hydroxyl groups is 1. The van der Waals surface area contributed by atoms with Crippen LogP contribution in [0, 0.1) is 111 Å². The summed E-state index contributed by atoms with van der Waals surface area (Å²) < 4.78 is 360. The second kappa shape index (κ2) is 63.0. The van der Waals surface area contributed by atoms with E-state index >= 15 is 0 Å². The van der Waals surface area contributed by atoms with Crippen LogP contribution in [0.15, 0.2) is 175 Å². The van der Waals surface area contributed by atoms with Crippen LogP contribution in [0.25, 0.3) is 0 Å². The molecule has 0 radical (unpaired) electrons. The summed E-state index contributed by atoms with van der Waals surface area (Å²) in [5.41, 5.74) is 14.3. The van der Waals surface area contributed by atoms with Gasteiger partial charge in [-0.15, -0.1) is 0 Å². The Morgan fingerprint density at radius 3 is 0.979 bits per heavy atom. The molecule has 144 heavy (non-hydrogen) atoms. The number of esters is 2. The Morgan fingerprint density at radius 1 is 0.431 bits per heavy atom. The van der Waals surface area contributed by atoms with E-state index in [1.54, 1.807) is 158 Å². The SMILES string of the molecule is C1CCOC1.C1CCOC1.CCOC(=O)C(N)C(F)(F)F.CCOC(=O)C(NS(=O)(=O)c1c(C)cc(C)cc1C)C(F)(F)F.Cc1cc(C)c(S(=O)(=O)Cl)c(C)c1.Cc1cc(C)c(S(=O)(=O)N2CC2C(F)(F)F)c(C)c1.Cc1cc(C)c(S(=O)(=O)NC(CO)C(F)(F)F)c(C)c1.Cc1cc(C)c(S(=O)(=O)NC(COc2ccccc2)C(F)(F)F)c(C)c1.Cc1ccc(S(=O)(=O)Cl)cc1.Oc1ccccc1.[AlH3].[H-].[H-].[H-].[Li+].[Na+].[Na+]. The number of aliphatic hydroxyl groups excluding tert-OH is 1. The third-order valence-corrected chi connectivity index (χ3v) is 29.5. The van der Waals surface area contributed by atoms with Gasteiger partial charge < -0.3 is 43.9 Å². The molecule has 11 rings (SSSR count). The molecule has 6 atom stereocenters. The largest absolute Gasteiger partial charge is 1.00 e. The van der Waals surface area contributed by atoms with Crippen LogP contribution in [0.2, 0.25) is 0 Å². The van der Waals surface area contributed by atoms with E-state index in [1.807, 2.05) is 39.0 Å². The number of benzene rings is 8. The summed E-state index contributed by atoms with van der Waals surface area (Å²) in [6.45, 7) is 30.3. The first-order chi connectivity index (χ1) is 64.0. The molecular weight excluding hydrogens is 2130 g/mol. The Labute approximate surface area is 913 Å². The molecule has 0 aromatic heterocycles. The topological polar surface area (TPSA) is 391 Å². The number of hydrogen-bond donors (Lipinski definition) is 6. The monoisotopic (exact) mass is 2250 g/mol. The number of phenols is 1. The molecule has 0 spiro atoms. The summed E-state index contributed by atoms with van der Waals surface area (Å²) in [5.74, 6) is -2.59. The van der Waals surface area contributed by atoms with Gasteiger partial charge in [-0.05, 0) is 242 Å². The van der Waals surface area contributed by atoms with Crippen molar-refractivity contribution in [3.05, 3.63) is 235 Å². The molecule has 0 amide bonds. The van der Waals surface area contributed by atoms with E-state index in [2.05, 4.69) is 15.2 Å². The van der Waals surface area contributed by atoms with Gasteiger partial charge in [0.2, 0.25) is 46.1 Å². The number of carbonyl (C=O) groups is 2. The number of nitrogens with one attached hydrogen (secondary N) is 3. The zero-order valence-corrected chi connectivity index (χ0v) is 92.9. The molecule has 3 fully saturated rings. The third kappa shape index (κ3) is 49.6.